The third-order valence-corrected chi connectivity index (χ3v) is 4.24. The van der Waals surface area contributed by atoms with Crippen LogP contribution in [0.5, 0.6) is 5.75 Å². The highest BCUT2D eigenvalue weighted by atomic mass is 16.5. The summed E-state index contributed by atoms with van der Waals surface area (Å²) in [4.78, 5) is 23.6. The molecule has 0 spiro atoms. The van der Waals surface area contributed by atoms with Crippen LogP contribution in [-0.4, -0.2) is 31.0 Å². The molecule has 0 radical (unpaired) electrons. The third kappa shape index (κ3) is 5.25. The summed E-state index contributed by atoms with van der Waals surface area (Å²) in [6.07, 6.45) is 0.956. The molecule has 5 heteroatoms. The van der Waals surface area contributed by atoms with E-state index >= 15 is 0 Å². The number of rotatable bonds is 5. The summed E-state index contributed by atoms with van der Waals surface area (Å²) in [5.41, 5.74) is 1.38. The quantitative estimate of drug-likeness (QED) is 0.814. The van der Waals surface area contributed by atoms with E-state index in [4.69, 9.17) is 4.74 Å². The van der Waals surface area contributed by atoms with Gasteiger partial charge in [0.2, 0.25) is 11.8 Å². The molecule has 1 aliphatic rings. The monoisotopic (exact) mass is 332 g/mol. The third-order valence-electron chi connectivity index (χ3n) is 4.24. The molecule has 132 valence electrons. The van der Waals surface area contributed by atoms with Gasteiger partial charge in [-0.3, -0.25) is 9.59 Å². The molecule has 1 aromatic carbocycles. The number of carbonyl (C=O) groups excluding carboxylic acids is 2. The van der Waals surface area contributed by atoms with E-state index < -0.39 is 0 Å². The van der Waals surface area contributed by atoms with Crippen LogP contribution in [0.25, 0.3) is 0 Å². The van der Waals surface area contributed by atoms with Crippen LogP contribution in [0.3, 0.4) is 0 Å². The Bertz CT molecular complexity index is 575. The van der Waals surface area contributed by atoms with Crippen molar-refractivity contribution < 1.29 is 14.3 Å². The van der Waals surface area contributed by atoms with Crippen molar-refractivity contribution in [1.82, 2.24) is 10.6 Å². The fourth-order valence-corrected chi connectivity index (χ4v) is 2.86. The average Bonchev–Trinajstić information content (AvgIpc) is 2.50. The van der Waals surface area contributed by atoms with E-state index in [9.17, 15) is 9.59 Å². The SMILES string of the molecule is C[C@@H]1C[C@@H](C(=O)NCCOc2ccc(C(C)(C)C)cc2)CC(=O)N1. The number of hydrogen-bond donors (Lipinski definition) is 2. The van der Waals surface area contributed by atoms with E-state index in [1.807, 2.05) is 19.1 Å². The molecular formula is C19H28N2O3. The van der Waals surface area contributed by atoms with Crippen molar-refractivity contribution >= 4 is 11.8 Å². The lowest BCUT2D eigenvalue weighted by molar-refractivity contribution is -0.133. The molecule has 1 aromatic rings. The zero-order valence-electron chi connectivity index (χ0n) is 15.0. The van der Waals surface area contributed by atoms with E-state index in [-0.39, 0.29) is 35.6 Å². The molecule has 2 atom stereocenters. The minimum Gasteiger partial charge on any atom is -0.492 e. The van der Waals surface area contributed by atoms with Gasteiger partial charge in [0.1, 0.15) is 12.4 Å². The predicted octanol–water partition coefficient (Wildman–Crippen LogP) is 2.39. The van der Waals surface area contributed by atoms with Crippen molar-refractivity contribution in [3.8, 4) is 5.75 Å². The van der Waals surface area contributed by atoms with Gasteiger partial charge in [-0.25, -0.2) is 0 Å². The Labute approximate surface area is 144 Å². The van der Waals surface area contributed by atoms with Gasteiger partial charge >= 0.3 is 0 Å². The zero-order chi connectivity index (χ0) is 17.7. The van der Waals surface area contributed by atoms with Crippen molar-refractivity contribution in [3.05, 3.63) is 29.8 Å². The summed E-state index contributed by atoms with van der Waals surface area (Å²) in [7, 11) is 0. The van der Waals surface area contributed by atoms with Gasteiger partial charge in [-0.1, -0.05) is 32.9 Å². The van der Waals surface area contributed by atoms with E-state index in [2.05, 4.69) is 43.5 Å². The molecule has 1 heterocycles. The molecule has 24 heavy (non-hydrogen) atoms. The number of benzene rings is 1. The maximum atomic E-state index is 12.1. The molecule has 2 rings (SSSR count). The van der Waals surface area contributed by atoms with Crippen LogP contribution in [-0.2, 0) is 15.0 Å². The molecule has 0 unspecified atom stereocenters. The van der Waals surface area contributed by atoms with Crippen LogP contribution < -0.4 is 15.4 Å². The van der Waals surface area contributed by atoms with Crippen LogP contribution in [0.15, 0.2) is 24.3 Å². The van der Waals surface area contributed by atoms with Crippen LogP contribution >= 0.6 is 0 Å². The molecule has 0 aromatic heterocycles. The van der Waals surface area contributed by atoms with Crippen molar-refractivity contribution in [2.24, 2.45) is 5.92 Å². The number of carbonyl (C=O) groups is 2. The standard InChI is InChI=1S/C19H28N2O3/c1-13-11-14(12-17(22)21-13)18(23)20-9-10-24-16-7-5-15(6-8-16)19(2,3)4/h5-8,13-14H,9-12H2,1-4H3,(H,20,23)(H,21,22)/t13-,14-/m1/s1. The van der Waals surface area contributed by atoms with E-state index in [0.717, 1.165) is 5.75 Å². The van der Waals surface area contributed by atoms with Crippen molar-refractivity contribution in [1.29, 1.82) is 0 Å². The first-order valence-electron chi connectivity index (χ1n) is 8.56. The predicted molar refractivity (Wildman–Crippen MR) is 94.0 cm³/mol. The van der Waals surface area contributed by atoms with Gasteiger partial charge in [0.05, 0.1) is 6.54 Å². The highest BCUT2D eigenvalue weighted by Gasteiger charge is 2.28. The number of ether oxygens (including phenoxy) is 1. The van der Waals surface area contributed by atoms with Gasteiger partial charge in [0, 0.05) is 18.4 Å². The molecule has 0 bridgehead atoms. The van der Waals surface area contributed by atoms with Crippen molar-refractivity contribution in [2.45, 2.75) is 52.0 Å². The van der Waals surface area contributed by atoms with Gasteiger partial charge < -0.3 is 15.4 Å². The highest BCUT2D eigenvalue weighted by Crippen LogP contribution is 2.24. The summed E-state index contributed by atoms with van der Waals surface area (Å²) in [6, 6.07) is 8.09. The van der Waals surface area contributed by atoms with Crippen molar-refractivity contribution in [2.75, 3.05) is 13.2 Å². The van der Waals surface area contributed by atoms with Gasteiger partial charge in [-0.05, 0) is 36.5 Å². The van der Waals surface area contributed by atoms with Crippen molar-refractivity contribution in [3.63, 3.8) is 0 Å². The maximum Gasteiger partial charge on any atom is 0.223 e. The number of hydrogen-bond acceptors (Lipinski definition) is 3. The molecule has 1 fully saturated rings. The lowest BCUT2D eigenvalue weighted by atomic mass is 9.87. The highest BCUT2D eigenvalue weighted by molar-refractivity contribution is 5.87. The first-order valence-corrected chi connectivity index (χ1v) is 8.56. The fourth-order valence-electron chi connectivity index (χ4n) is 2.86. The maximum absolute atomic E-state index is 12.1. The number of piperidine rings is 1. The van der Waals surface area contributed by atoms with Gasteiger partial charge in [-0.2, -0.15) is 0 Å². The Balaban J connectivity index is 1.72. The second-order valence-electron chi connectivity index (χ2n) is 7.52. The minimum absolute atomic E-state index is 0.0518. The second kappa shape index (κ2) is 7.69. The van der Waals surface area contributed by atoms with E-state index in [1.165, 1.54) is 5.56 Å². The van der Waals surface area contributed by atoms with Crippen LogP contribution in [0.4, 0.5) is 0 Å². The average molecular weight is 332 g/mol. The molecule has 5 nitrogen and oxygen atoms in total. The summed E-state index contributed by atoms with van der Waals surface area (Å²) in [5.74, 6) is 0.440. The number of nitrogens with one attached hydrogen (secondary N) is 2. The van der Waals surface area contributed by atoms with Crippen LogP contribution in [0, 0.1) is 5.92 Å². The molecule has 0 saturated carbocycles. The normalized spacial score (nSPS) is 21.1. The molecule has 1 aliphatic heterocycles. The van der Waals surface area contributed by atoms with Gasteiger partial charge in [-0.15, -0.1) is 0 Å². The number of amides is 2. The topological polar surface area (TPSA) is 67.4 Å². The Morgan fingerprint density at radius 2 is 1.96 bits per heavy atom. The summed E-state index contributed by atoms with van der Waals surface area (Å²) in [5, 5.41) is 5.68. The smallest absolute Gasteiger partial charge is 0.223 e. The molecule has 2 N–H and O–H groups in total. The minimum atomic E-state index is -0.236. The van der Waals surface area contributed by atoms with Crippen LogP contribution in [0.1, 0.15) is 46.1 Å². The first kappa shape index (κ1) is 18.3. The Kier molecular flexibility index (Phi) is 5.86. The molecule has 2 amide bonds. The Hall–Kier alpha value is -2.04. The van der Waals surface area contributed by atoms with Gasteiger partial charge in [0.15, 0.2) is 0 Å². The van der Waals surface area contributed by atoms with Crippen LogP contribution in [0.2, 0.25) is 0 Å². The van der Waals surface area contributed by atoms with Gasteiger partial charge in [0.25, 0.3) is 0 Å². The Morgan fingerprint density at radius 1 is 1.29 bits per heavy atom. The largest absolute Gasteiger partial charge is 0.492 e. The summed E-state index contributed by atoms with van der Waals surface area (Å²) >= 11 is 0. The zero-order valence-corrected chi connectivity index (χ0v) is 15.0. The summed E-state index contributed by atoms with van der Waals surface area (Å²) < 4.78 is 5.66. The first-order chi connectivity index (χ1) is 11.3. The Morgan fingerprint density at radius 3 is 2.54 bits per heavy atom. The van der Waals surface area contributed by atoms with E-state index in [0.29, 0.717) is 19.6 Å². The molecule has 1 saturated heterocycles. The second-order valence-corrected chi connectivity index (χ2v) is 7.52. The summed E-state index contributed by atoms with van der Waals surface area (Å²) in [6.45, 7) is 9.28. The lowest BCUT2D eigenvalue weighted by Gasteiger charge is -2.26. The lowest BCUT2D eigenvalue weighted by Crippen LogP contribution is -2.46. The van der Waals surface area contributed by atoms with E-state index in [1.54, 1.807) is 0 Å². The molecule has 0 aliphatic carbocycles. The molecular weight excluding hydrogens is 304 g/mol. The fraction of sp³-hybridized carbons (Fsp3) is 0.579.